The van der Waals surface area contributed by atoms with Gasteiger partial charge in [-0.25, -0.2) is 0 Å². The van der Waals surface area contributed by atoms with Crippen molar-refractivity contribution in [2.75, 3.05) is 0 Å². The zero-order chi connectivity index (χ0) is 11.1. The maximum Gasteiger partial charge on any atom is 0.132 e. The smallest absolute Gasteiger partial charge is 0.132 e. The first-order valence-corrected chi connectivity index (χ1v) is 5.71. The lowest BCUT2D eigenvalue weighted by molar-refractivity contribution is -0.119. The van der Waals surface area contributed by atoms with Crippen LogP contribution in [-0.4, -0.2) is 15.6 Å². The first-order valence-electron chi connectivity index (χ1n) is 5.71. The molecule has 0 saturated carbocycles. The second-order valence-electron chi connectivity index (χ2n) is 4.02. The molecule has 0 spiro atoms. The van der Waals surface area contributed by atoms with Crippen LogP contribution in [0.1, 0.15) is 44.6 Å². The molecule has 3 heteroatoms. The molecule has 0 bridgehead atoms. The van der Waals surface area contributed by atoms with Crippen molar-refractivity contribution in [3.8, 4) is 0 Å². The third-order valence-corrected chi connectivity index (χ3v) is 2.46. The Hall–Kier alpha value is -1.12. The third-order valence-electron chi connectivity index (χ3n) is 2.46. The highest BCUT2D eigenvalue weighted by molar-refractivity contribution is 5.78. The van der Waals surface area contributed by atoms with Gasteiger partial charge in [0.15, 0.2) is 0 Å². The average Bonchev–Trinajstić information content (AvgIpc) is 2.60. The van der Waals surface area contributed by atoms with Gasteiger partial charge in [-0.05, 0) is 31.2 Å². The highest BCUT2D eigenvalue weighted by Crippen LogP contribution is 2.07. The fourth-order valence-electron chi connectivity index (χ4n) is 1.66. The van der Waals surface area contributed by atoms with Gasteiger partial charge < -0.3 is 0 Å². The number of aromatic nitrogens is 2. The van der Waals surface area contributed by atoms with Gasteiger partial charge in [0.25, 0.3) is 0 Å². The summed E-state index contributed by atoms with van der Waals surface area (Å²) in [6, 6.07) is 0. The summed E-state index contributed by atoms with van der Waals surface area (Å²) in [6.45, 7) is 2.05. The SMILES string of the molecule is CCCC(=O)CCCCc1cnn(C)c1. The Morgan fingerprint density at radius 1 is 1.40 bits per heavy atom. The predicted octanol–water partition coefficient (Wildman–Crippen LogP) is 2.50. The lowest BCUT2D eigenvalue weighted by Crippen LogP contribution is -1.96. The van der Waals surface area contributed by atoms with Crippen molar-refractivity contribution in [2.45, 2.75) is 45.4 Å². The second-order valence-corrected chi connectivity index (χ2v) is 4.02. The summed E-state index contributed by atoms with van der Waals surface area (Å²) in [5, 5.41) is 4.11. The lowest BCUT2D eigenvalue weighted by Gasteiger charge is -1.98. The van der Waals surface area contributed by atoms with Crippen molar-refractivity contribution in [3.05, 3.63) is 18.0 Å². The number of rotatable bonds is 7. The van der Waals surface area contributed by atoms with Gasteiger partial charge in [0.2, 0.25) is 0 Å². The number of carbonyl (C=O) groups is 1. The molecular weight excluding hydrogens is 188 g/mol. The molecule has 1 heterocycles. The summed E-state index contributed by atoms with van der Waals surface area (Å²) >= 11 is 0. The number of Topliss-reactive ketones (excluding diaryl/α,β-unsaturated/α-hetero) is 1. The van der Waals surface area contributed by atoms with E-state index in [1.165, 1.54) is 5.56 Å². The zero-order valence-electron chi connectivity index (χ0n) is 9.70. The van der Waals surface area contributed by atoms with E-state index in [4.69, 9.17) is 0 Å². The van der Waals surface area contributed by atoms with E-state index in [-0.39, 0.29) is 0 Å². The summed E-state index contributed by atoms with van der Waals surface area (Å²) < 4.78 is 1.82. The third kappa shape index (κ3) is 4.77. The Morgan fingerprint density at radius 2 is 2.20 bits per heavy atom. The van der Waals surface area contributed by atoms with Crippen LogP contribution in [0.4, 0.5) is 0 Å². The fourth-order valence-corrected chi connectivity index (χ4v) is 1.66. The van der Waals surface area contributed by atoms with Gasteiger partial charge in [-0.3, -0.25) is 9.48 Å². The summed E-state index contributed by atoms with van der Waals surface area (Å²) in [5.74, 6) is 0.406. The second kappa shape index (κ2) is 6.38. The molecule has 3 nitrogen and oxygen atoms in total. The Kier molecular flexibility index (Phi) is 5.08. The van der Waals surface area contributed by atoms with Gasteiger partial charge in [0.05, 0.1) is 6.20 Å². The van der Waals surface area contributed by atoms with Crippen LogP contribution in [0.25, 0.3) is 0 Å². The van der Waals surface area contributed by atoms with Crippen LogP contribution in [0, 0.1) is 0 Å². The van der Waals surface area contributed by atoms with Crippen LogP contribution in [0.2, 0.25) is 0 Å². The van der Waals surface area contributed by atoms with E-state index < -0.39 is 0 Å². The fraction of sp³-hybridized carbons (Fsp3) is 0.667. The van der Waals surface area contributed by atoms with Gasteiger partial charge in [0.1, 0.15) is 5.78 Å². The molecule has 0 radical (unpaired) electrons. The minimum absolute atomic E-state index is 0.406. The summed E-state index contributed by atoms with van der Waals surface area (Å²) in [6.07, 6.45) is 9.52. The first-order chi connectivity index (χ1) is 7.22. The Labute approximate surface area is 91.5 Å². The molecule has 0 aliphatic heterocycles. The molecular formula is C12H20N2O. The lowest BCUT2D eigenvalue weighted by atomic mass is 10.1. The van der Waals surface area contributed by atoms with E-state index in [0.717, 1.165) is 38.5 Å². The van der Waals surface area contributed by atoms with Gasteiger partial charge in [-0.1, -0.05) is 6.92 Å². The van der Waals surface area contributed by atoms with Crippen LogP contribution in [0.3, 0.4) is 0 Å². The number of hydrogen-bond acceptors (Lipinski definition) is 2. The number of aryl methyl sites for hydroxylation is 2. The molecule has 1 aromatic rings. The summed E-state index contributed by atoms with van der Waals surface area (Å²) in [7, 11) is 1.92. The summed E-state index contributed by atoms with van der Waals surface area (Å²) in [4.78, 5) is 11.2. The number of ketones is 1. The van der Waals surface area contributed by atoms with Crippen molar-refractivity contribution in [1.82, 2.24) is 9.78 Å². The van der Waals surface area contributed by atoms with E-state index >= 15 is 0 Å². The number of hydrogen-bond donors (Lipinski definition) is 0. The van der Waals surface area contributed by atoms with Gasteiger partial charge in [-0.15, -0.1) is 0 Å². The van der Waals surface area contributed by atoms with E-state index in [1.807, 2.05) is 31.0 Å². The number of carbonyl (C=O) groups excluding carboxylic acids is 1. The van der Waals surface area contributed by atoms with Crippen LogP contribution in [-0.2, 0) is 18.3 Å². The van der Waals surface area contributed by atoms with E-state index in [2.05, 4.69) is 5.10 Å². The number of unbranched alkanes of at least 4 members (excludes halogenated alkanes) is 1. The highest BCUT2D eigenvalue weighted by atomic mass is 16.1. The van der Waals surface area contributed by atoms with Crippen molar-refractivity contribution in [3.63, 3.8) is 0 Å². The van der Waals surface area contributed by atoms with E-state index in [9.17, 15) is 4.79 Å². The maximum absolute atomic E-state index is 11.2. The first kappa shape index (κ1) is 12.0. The Balaban J connectivity index is 2.09. The van der Waals surface area contributed by atoms with Crippen molar-refractivity contribution in [2.24, 2.45) is 7.05 Å². The summed E-state index contributed by atoms with van der Waals surface area (Å²) in [5.41, 5.74) is 1.26. The Bertz CT molecular complexity index is 304. The molecule has 0 aliphatic rings. The molecule has 15 heavy (non-hydrogen) atoms. The molecule has 84 valence electrons. The van der Waals surface area contributed by atoms with Crippen LogP contribution in [0.5, 0.6) is 0 Å². The average molecular weight is 208 g/mol. The molecule has 0 saturated heterocycles. The van der Waals surface area contributed by atoms with Crippen LogP contribution in [0.15, 0.2) is 12.4 Å². The standard InChI is InChI=1S/C12H20N2O/c1-3-6-12(15)8-5-4-7-11-9-13-14(2)10-11/h9-10H,3-8H2,1-2H3. The topological polar surface area (TPSA) is 34.9 Å². The maximum atomic E-state index is 11.2. The molecule has 1 rings (SSSR count). The van der Waals surface area contributed by atoms with Crippen LogP contribution < -0.4 is 0 Å². The minimum Gasteiger partial charge on any atom is -0.300 e. The predicted molar refractivity (Wildman–Crippen MR) is 60.7 cm³/mol. The van der Waals surface area contributed by atoms with Crippen molar-refractivity contribution >= 4 is 5.78 Å². The molecule has 0 unspecified atom stereocenters. The largest absolute Gasteiger partial charge is 0.300 e. The normalized spacial score (nSPS) is 10.5. The van der Waals surface area contributed by atoms with E-state index in [0.29, 0.717) is 5.78 Å². The molecule has 1 aromatic heterocycles. The minimum atomic E-state index is 0.406. The van der Waals surface area contributed by atoms with E-state index in [1.54, 1.807) is 0 Å². The molecule has 0 fully saturated rings. The monoisotopic (exact) mass is 208 g/mol. The van der Waals surface area contributed by atoms with Gasteiger partial charge >= 0.3 is 0 Å². The van der Waals surface area contributed by atoms with Crippen molar-refractivity contribution < 1.29 is 4.79 Å². The molecule has 0 aromatic carbocycles. The van der Waals surface area contributed by atoms with Crippen LogP contribution >= 0.6 is 0 Å². The Morgan fingerprint density at radius 3 is 2.80 bits per heavy atom. The zero-order valence-corrected chi connectivity index (χ0v) is 9.70. The molecule has 0 atom stereocenters. The van der Waals surface area contributed by atoms with Gasteiger partial charge in [-0.2, -0.15) is 5.10 Å². The molecule has 0 N–H and O–H groups in total. The number of nitrogens with zero attached hydrogens (tertiary/aromatic N) is 2. The highest BCUT2D eigenvalue weighted by Gasteiger charge is 2.01. The molecule has 0 aliphatic carbocycles. The van der Waals surface area contributed by atoms with Gasteiger partial charge in [0, 0.05) is 26.1 Å². The quantitative estimate of drug-likeness (QED) is 0.645. The van der Waals surface area contributed by atoms with Crippen molar-refractivity contribution in [1.29, 1.82) is 0 Å². The molecule has 0 amide bonds.